The molecule has 0 aromatic carbocycles. The first-order chi connectivity index (χ1) is 11.7. The van der Waals surface area contributed by atoms with E-state index in [0.717, 1.165) is 24.3 Å². The number of rotatable bonds is 5. The van der Waals surface area contributed by atoms with Crippen LogP contribution in [0.3, 0.4) is 0 Å². The summed E-state index contributed by atoms with van der Waals surface area (Å²) in [7, 11) is -1.36. The van der Waals surface area contributed by atoms with E-state index in [1.165, 1.54) is 0 Å². The zero-order valence-corrected chi connectivity index (χ0v) is 16.7. The van der Waals surface area contributed by atoms with E-state index in [-0.39, 0.29) is 5.75 Å². The lowest BCUT2D eigenvalue weighted by Crippen LogP contribution is -2.57. The van der Waals surface area contributed by atoms with Crippen molar-refractivity contribution in [2.75, 3.05) is 25.9 Å². The monoisotopic (exact) mass is 370 g/mol. The lowest BCUT2D eigenvalue weighted by Gasteiger charge is -2.39. The molecule has 0 atom stereocenters. The summed E-state index contributed by atoms with van der Waals surface area (Å²) in [5.41, 5.74) is 0.988. The second kappa shape index (κ2) is 7.76. The molecular weight excluding hydrogens is 340 g/mol. The topological polar surface area (TPSA) is 87.8 Å². The van der Waals surface area contributed by atoms with Crippen molar-refractivity contribution in [3.63, 3.8) is 0 Å². The average Bonchev–Trinajstić information content (AvgIpc) is 3.01. The molecule has 7 nitrogen and oxygen atoms in total. The molecule has 0 saturated carbocycles. The third-order valence-corrected chi connectivity index (χ3v) is 7.49. The van der Waals surface area contributed by atoms with Gasteiger partial charge < -0.3 is 14.7 Å². The van der Waals surface area contributed by atoms with Crippen molar-refractivity contribution in [1.29, 1.82) is 0 Å². The molecule has 25 heavy (non-hydrogen) atoms. The van der Waals surface area contributed by atoms with Gasteiger partial charge in [0.2, 0.25) is 0 Å². The molecule has 1 aliphatic rings. The van der Waals surface area contributed by atoms with Crippen LogP contribution >= 0.6 is 0 Å². The summed E-state index contributed by atoms with van der Waals surface area (Å²) in [6, 6.07) is 1.99. The number of sulfone groups is 1. The molecule has 1 saturated heterocycles. The number of nitrogens with one attached hydrogen (secondary N) is 1. The van der Waals surface area contributed by atoms with Crippen molar-refractivity contribution in [3.8, 4) is 0 Å². The Balaban J connectivity index is 2.00. The standard InChI is InChI=1S/C17H30N4O3S/c1-6-13(7-2)15-10-14(24-20-15)11-19-16(18-5)21-8-9-25(22,23)17(3,4)12-21/h10,13H,6-9,11-12H2,1-5H3,(H,18,19). The Morgan fingerprint density at radius 2 is 2.12 bits per heavy atom. The maximum atomic E-state index is 12.2. The Morgan fingerprint density at radius 3 is 2.68 bits per heavy atom. The SMILES string of the molecule is CCC(CC)c1cc(CNC(=NC)N2CCS(=O)(=O)C(C)(C)C2)on1. The maximum absolute atomic E-state index is 12.2. The van der Waals surface area contributed by atoms with Crippen LogP contribution in [0.25, 0.3) is 0 Å². The summed E-state index contributed by atoms with van der Waals surface area (Å²) in [6.07, 6.45) is 2.07. The molecule has 1 aliphatic heterocycles. The quantitative estimate of drug-likeness (QED) is 0.631. The highest BCUT2D eigenvalue weighted by Crippen LogP contribution is 2.24. The van der Waals surface area contributed by atoms with Gasteiger partial charge in [-0.25, -0.2) is 8.42 Å². The Bertz CT molecular complexity index is 705. The molecule has 0 radical (unpaired) electrons. The van der Waals surface area contributed by atoms with E-state index in [4.69, 9.17) is 4.52 Å². The second-order valence-corrected chi connectivity index (χ2v) is 9.88. The fourth-order valence-corrected chi connectivity index (χ4v) is 4.50. The molecule has 2 heterocycles. The smallest absolute Gasteiger partial charge is 0.194 e. The van der Waals surface area contributed by atoms with Crippen LogP contribution in [0.4, 0.5) is 0 Å². The summed E-state index contributed by atoms with van der Waals surface area (Å²) in [4.78, 5) is 6.27. The molecule has 1 aromatic heterocycles. The van der Waals surface area contributed by atoms with Crippen molar-refractivity contribution in [2.24, 2.45) is 4.99 Å². The van der Waals surface area contributed by atoms with E-state index in [1.54, 1.807) is 20.9 Å². The van der Waals surface area contributed by atoms with Crippen LogP contribution in [0.5, 0.6) is 0 Å². The molecular formula is C17H30N4O3S. The predicted octanol–water partition coefficient (Wildman–Crippen LogP) is 2.16. The van der Waals surface area contributed by atoms with E-state index in [0.29, 0.717) is 31.5 Å². The molecule has 0 spiro atoms. The zero-order chi connectivity index (χ0) is 18.7. The number of hydrogen-bond acceptors (Lipinski definition) is 5. The summed E-state index contributed by atoms with van der Waals surface area (Å²) >= 11 is 0. The molecule has 1 fully saturated rings. The maximum Gasteiger partial charge on any atom is 0.194 e. The normalized spacial score (nSPS) is 20.1. The van der Waals surface area contributed by atoms with Crippen LogP contribution in [0, 0.1) is 0 Å². The highest BCUT2D eigenvalue weighted by molar-refractivity contribution is 7.92. The van der Waals surface area contributed by atoms with Gasteiger partial charge in [0.15, 0.2) is 21.6 Å². The van der Waals surface area contributed by atoms with Crippen LogP contribution in [-0.4, -0.2) is 55.1 Å². The van der Waals surface area contributed by atoms with Crippen LogP contribution in [0.2, 0.25) is 0 Å². The van der Waals surface area contributed by atoms with Crippen LogP contribution in [-0.2, 0) is 16.4 Å². The molecule has 1 aromatic rings. The number of guanidine groups is 1. The zero-order valence-electron chi connectivity index (χ0n) is 15.9. The van der Waals surface area contributed by atoms with Crippen molar-refractivity contribution >= 4 is 15.8 Å². The van der Waals surface area contributed by atoms with Gasteiger partial charge in [-0.15, -0.1) is 0 Å². The van der Waals surface area contributed by atoms with Crippen LogP contribution in [0.15, 0.2) is 15.6 Å². The first kappa shape index (κ1) is 19.8. The van der Waals surface area contributed by atoms with E-state index in [2.05, 4.69) is 29.3 Å². The highest BCUT2D eigenvalue weighted by Gasteiger charge is 2.40. The Morgan fingerprint density at radius 1 is 1.44 bits per heavy atom. The summed E-state index contributed by atoms with van der Waals surface area (Å²) < 4.78 is 28.9. The molecule has 8 heteroatoms. The minimum absolute atomic E-state index is 0.141. The van der Waals surface area contributed by atoms with Crippen molar-refractivity contribution < 1.29 is 12.9 Å². The van der Waals surface area contributed by atoms with Crippen LogP contribution < -0.4 is 5.32 Å². The highest BCUT2D eigenvalue weighted by atomic mass is 32.2. The lowest BCUT2D eigenvalue weighted by molar-refractivity contribution is 0.343. The van der Waals surface area contributed by atoms with Gasteiger partial charge in [0.25, 0.3) is 0 Å². The lowest BCUT2D eigenvalue weighted by atomic mass is 9.99. The first-order valence-corrected chi connectivity index (χ1v) is 10.5. The minimum atomic E-state index is -3.07. The minimum Gasteiger partial charge on any atom is -0.359 e. The second-order valence-electron chi connectivity index (χ2n) is 7.13. The largest absolute Gasteiger partial charge is 0.359 e. The summed E-state index contributed by atoms with van der Waals surface area (Å²) in [6.45, 7) is 9.17. The Kier molecular flexibility index (Phi) is 6.13. The van der Waals surface area contributed by atoms with E-state index >= 15 is 0 Å². The van der Waals surface area contributed by atoms with Gasteiger partial charge in [0.1, 0.15) is 0 Å². The van der Waals surface area contributed by atoms with Gasteiger partial charge in [-0.1, -0.05) is 19.0 Å². The van der Waals surface area contributed by atoms with Crippen LogP contribution in [0.1, 0.15) is 57.9 Å². The Hall–Kier alpha value is -1.57. The average molecular weight is 371 g/mol. The summed E-state index contributed by atoms with van der Waals surface area (Å²) in [5, 5.41) is 7.43. The van der Waals surface area contributed by atoms with Crippen molar-refractivity contribution in [3.05, 3.63) is 17.5 Å². The van der Waals surface area contributed by atoms with Gasteiger partial charge in [0.05, 0.1) is 22.7 Å². The van der Waals surface area contributed by atoms with Gasteiger partial charge in [-0.05, 0) is 26.7 Å². The van der Waals surface area contributed by atoms with Crippen molar-refractivity contribution in [2.45, 2.75) is 57.7 Å². The van der Waals surface area contributed by atoms with Gasteiger partial charge in [0, 0.05) is 32.1 Å². The third kappa shape index (κ3) is 4.34. The van der Waals surface area contributed by atoms with Gasteiger partial charge in [-0.2, -0.15) is 0 Å². The van der Waals surface area contributed by atoms with E-state index < -0.39 is 14.6 Å². The number of aromatic nitrogens is 1. The fourth-order valence-electron chi connectivity index (χ4n) is 3.13. The number of hydrogen-bond donors (Lipinski definition) is 1. The van der Waals surface area contributed by atoms with E-state index in [9.17, 15) is 8.42 Å². The molecule has 0 bridgehead atoms. The van der Waals surface area contributed by atoms with Gasteiger partial charge in [-0.3, -0.25) is 4.99 Å². The van der Waals surface area contributed by atoms with Crippen molar-refractivity contribution in [1.82, 2.24) is 15.4 Å². The summed E-state index contributed by atoms with van der Waals surface area (Å²) in [5.74, 6) is 2.00. The molecule has 142 valence electrons. The molecule has 2 rings (SSSR count). The first-order valence-electron chi connectivity index (χ1n) is 8.87. The number of nitrogens with zero attached hydrogens (tertiary/aromatic N) is 3. The van der Waals surface area contributed by atoms with Gasteiger partial charge >= 0.3 is 0 Å². The number of aliphatic imine (C=N–C) groups is 1. The molecule has 0 amide bonds. The third-order valence-electron chi connectivity index (χ3n) is 4.96. The van der Waals surface area contributed by atoms with E-state index in [1.807, 2.05) is 11.0 Å². The molecule has 1 N–H and O–H groups in total. The Labute approximate surface area is 150 Å². The predicted molar refractivity (Wildman–Crippen MR) is 99.5 cm³/mol. The fraction of sp³-hybridized carbons (Fsp3) is 0.765. The molecule has 0 unspecified atom stereocenters. The molecule has 0 aliphatic carbocycles.